The molecule has 202 valence electrons. The van der Waals surface area contributed by atoms with Gasteiger partial charge < -0.3 is 25.1 Å². The molecule has 2 heterocycles. The molecule has 0 spiro atoms. The van der Waals surface area contributed by atoms with Crippen molar-refractivity contribution < 1.29 is 19.1 Å². The second-order valence-corrected chi connectivity index (χ2v) is 10.9. The summed E-state index contributed by atoms with van der Waals surface area (Å²) in [5, 5.41) is 6.27. The molecular formula is C29H37N5O4. The molecule has 3 atom stereocenters. The van der Waals surface area contributed by atoms with Gasteiger partial charge in [-0.2, -0.15) is 0 Å². The predicted octanol–water partition coefficient (Wildman–Crippen LogP) is 4.08. The number of methoxy groups -OCH3 is 1. The van der Waals surface area contributed by atoms with Crippen molar-refractivity contribution in [2.75, 3.05) is 20.3 Å². The molecule has 3 aromatic rings. The smallest absolute Gasteiger partial charge is 0.255 e. The monoisotopic (exact) mass is 519 g/mol. The maximum absolute atomic E-state index is 13.5. The van der Waals surface area contributed by atoms with Crippen molar-refractivity contribution in [1.82, 2.24) is 25.6 Å². The Bertz CT molecular complexity index is 1330. The summed E-state index contributed by atoms with van der Waals surface area (Å²) in [7, 11) is 1.51. The van der Waals surface area contributed by atoms with Crippen LogP contribution in [0.25, 0.3) is 22.3 Å². The van der Waals surface area contributed by atoms with E-state index in [1.807, 2.05) is 26.0 Å². The van der Waals surface area contributed by atoms with Gasteiger partial charge in [0, 0.05) is 30.5 Å². The quantitative estimate of drug-likeness (QED) is 0.392. The van der Waals surface area contributed by atoms with Crippen LogP contribution in [0.4, 0.5) is 0 Å². The Kier molecular flexibility index (Phi) is 7.65. The van der Waals surface area contributed by atoms with Crippen molar-refractivity contribution in [3.05, 3.63) is 41.3 Å². The van der Waals surface area contributed by atoms with Gasteiger partial charge in [0.25, 0.3) is 5.91 Å². The first-order valence-corrected chi connectivity index (χ1v) is 13.5. The van der Waals surface area contributed by atoms with Gasteiger partial charge in [-0.3, -0.25) is 9.59 Å². The van der Waals surface area contributed by atoms with Crippen LogP contribution in [-0.2, 0) is 9.53 Å². The highest BCUT2D eigenvalue weighted by Gasteiger charge is 2.31. The van der Waals surface area contributed by atoms with Crippen molar-refractivity contribution in [2.45, 2.75) is 65.0 Å². The number of hydrogen-bond donors (Lipinski definition) is 3. The van der Waals surface area contributed by atoms with Gasteiger partial charge in [-0.25, -0.2) is 9.97 Å². The van der Waals surface area contributed by atoms with Gasteiger partial charge in [-0.15, -0.1) is 0 Å². The lowest BCUT2D eigenvalue weighted by Crippen LogP contribution is -2.48. The number of benzene rings is 1. The number of hydrogen-bond acceptors (Lipinski definition) is 6. The van der Waals surface area contributed by atoms with E-state index in [9.17, 15) is 9.59 Å². The summed E-state index contributed by atoms with van der Waals surface area (Å²) in [6.45, 7) is 6.82. The van der Waals surface area contributed by atoms with Gasteiger partial charge in [0.15, 0.2) is 0 Å². The SMILES string of the molecule is COCC(=O)N[C@@H]1CC[C@H](NC(=O)c2c(C)[nH]c3c(-c4cc(C)ccc4OCC4CC4)ncnc23)[C@H](C)C1. The number of rotatable bonds is 9. The van der Waals surface area contributed by atoms with Crippen LogP contribution < -0.4 is 15.4 Å². The second kappa shape index (κ2) is 11.1. The summed E-state index contributed by atoms with van der Waals surface area (Å²) in [5.74, 6) is 1.40. The number of carbonyl (C=O) groups excluding carboxylic acids is 2. The molecule has 1 aromatic carbocycles. The highest BCUT2D eigenvalue weighted by atomic mass is 16.5. The number of aryl methyl sites for hydroxylation is 2. The van der Waals surface area contributed by atoms with E-state index in [0.29, 0.717) is 23.6 Å². The fourth-order valence-corrected chi connectivity index (χ4v) is 5.43. The largest absolute Gasteiger partial charge is 0.493 e. The Morgan fingerprint density at radius 2 is 1.92 bits per heavy atom. The van der Waals surface area contributed by atoms with Crippen molar-refractivity contribution in [2.24, 2.45) is 11.8 Å². The molecule has 0 unspecified atom stereocenters. The van der Waals surface area contributed by atoms with E-state index in [1.165, 1.54) is 26.3 Å². The molecule has 0 aliphatic heterocycles. The van der Waals surface area contributed by atoms with Crippen LogP contribution >= 0.6 is 0 Å². The van der Waals surface area contributed by atoms with Crippen molar-refractivity contribution in [1.29, 1.82) is 0 Å². The number of ether oxygens (including phenoxy) is 2. The van der Waals surface area contributed by atoms with Crippen molar-refractivity contribution in [3.8, 4) is 17.0 Å². The molecule has 0 radical (unpaired) electrons. The van der Waals surface area contributed by atoms with Crippen LogP contribution in [0.1, 0.15) is 60.6 Å². The molecule has 2 saturated carbocycles. The third kappa shape index (κ3) is 5.67. The zero-order valence-electron chi connectivity index (χ0n) is 22.6. The zero-order valence-corrected chi connectivity index (χ0v) is 22.6. The van der Waals surface area contributed by atoms with E-state index in [0.717, 1.165) is 53.0 Å². The summed E-state index contributed by atoms with van der Waals surface area (Å²) in [6.07, 6.45) is 6.35. The van der Waals surface area contributed by atoms with Crippen LogP contribution in [0, 0.1) is 25.7 Å². The van der Waals surface area contributed by atoms with E-state index >= 15 is 0 Å². The molecule has 38 heavy (non-hydrogen) atoms. The fraction of sp³-hybridized carbons (Fsp3) is 0.517. The summed E-state index contributed by atoms with van der Waals surface area (Å²) in [4.78, 5) is 38.0. The van der Waals surface area contributed by atoms with E-state index in [1.54, 1.807) is 0 Å². The molecule has 5 rings (SSSR count). The van der Waals surface area contributed by atoms with Crippen LogP contribution in [0.5, 0.6) is 5.75 Å². The average molecular weight is 520 g/mol. The highest BCUT2D eigenvalue weighted by Crippen LogP contribution is 2.37. The van der Waals surface area contributed by atoms with Crippen molar-refractivity contribution >= 4 is 22.8 Å². The maximum atomic E-state index is 13.5. The Morgan fingerprint density at radius 3 is 2.66 bits per heavy atom. The molecule has 2 amide bonds. The first kappa shape index (κ1) is 26.2. The van der Waals surface area contributed by atoms with Gasteiger partial charge in [-0.05, 0) is 69.9 Å². The Hall–Kier alpha value is -3.46. The molecular weight excluding hydrogens is 482 g/mol. The van der Waals surface area contributed by atoms with Gasteiger partial charge in [0.1, 0.15) is 29.9 Å². The number of amides is 2. The van der Waals surface area contributed by atoms with Crippen LogP contribution in [-0.4, -0.2) is 59.2 Å². The van der Waals surface area contributed by atoms with E-state index in [4.69, 9.17) is 9.47 Å². The first-order chi connectivity index (χ1) is 18.3. The lowest BCUT2D eigenvalue weighted by molar-refractivity contribution is -0.125. The molecule has 0 saturated heterocycles. The summed E-state index contributed by atoms with van der Waals surface area (Å²) in [6, 6.07) is 6.23. The highest BCUT2D eigenvalue weighted by molar-refractivity contribution is 6.09. The first-order valence-electron chi connectivity index (χ1n) is 13.5. The van der Waals surface area contributed by atoms with Crippen molar-refractivity contribution in [3.63, 3.8) is 0 Å². The van der Waals surface area contributed by atoms with Crippen LogP contribution in [0.3, 0.4) is 0 Å². The van der Waals surface area contributed by atoms with Gasteiger partial charge in [0.05, 0.1) is 17.7 Å². The molecule has 2 aliphatic carbocycles. The molecule has 0 bridgehead atoms. The van der Waals surface area contributed by atoms with E-state index < -0.39 is 0 Å². The second-order valence-electron chi connectivity index (χ2n) is 10.9. The Balaban J connectivity index is 1.36. The number of carbonyl (C=O) groups is 2. The summed E-state index contributed by atoms with van der Waals surface area (Å²) >= 11 is 0. The number of fused-ring (bicyclic) bond motifs is 1. The molecule has 2 aliphatic rings. The van der Waals surface area contributed by atoms with E-state index in [2.05, 4.69) is 38.6 Å². The Labute approximate surface area is 223 Å². The standard InChI is InChI=1S/C29H37N5O4/c1-16-5-10-23(38-13-19-6-7-19)21(11-16)26-28-27(31-15-30-26)25(18(3)32-28)29(36)34-22-9-8-20(12-17(22)2)33-24(35)14-37-4/h5,10-11,15,17,19-20,22,32H,6-9,12-14H2,1-4H3,(H,33,35)(H,34,36)/t17-,20-,22+/m1/s1. The number of nitrogens with one attached hydrogen (secondary N) is 3. The van der Waals surface area contributed by atoms with Crippen LogP contribution in [0.15, 0.2) is 24.5 Å². The molecule has 3 N–H and O–H groups in total. The number of aromatic nitrogens is 3. The van der Waals surface area contributed by atoms with Gasteiger partial charge >= 0.3 is 0 Å². The lowest BCUT2D eigenvalue weighted by Gasteiger charge is -2.35. The minimum atomic E-state index is -0.147. The van der Waals surface area contributed by atoms with E-state index in [-0.39, 0.29) is 36.4 Å². The third-order valence-corrected chi connectivity index (χ3v) is 7.69. The van der Waals surface area contributed by atoms with Crippen LogP contribution in [0.2, 0.25) is 0 Å². The van der Waals surface area contributed by atoms with Gasteiger partial charge in [-0.1, -0.05) is 18.6 Å². The predicted molar refractivity (Wildman–Crippen MR) is 145 cm³/mol. The minimum absolute atomic E-state index is 0.0166. The molecule has 2 aromatic heterocycles. The molecule has 2 fully saturated rings. The lowest BCUT2D eigenvalue weighted by atomic mass is 9.82. The third-order valence-electron chi connectivity index (χ3n) is 7.69. The normalized spacial score (nSPS) is 21.3. The summed E-state index contributed by atoms with van der Waals surface area (Å²) in [5.41, 5.74) is 5.36. The van der Waals surface area contributed by atoms with Gasteiger partial charge in [0.2, 0.25) is 5.91 Å². The zero-order chi connectivity index (χ0) is 26.8. The molecule has 9 heteroatoms. The number of H-pyrrole nitrogens is 1. The topological polar surface area (TPSA) is 118 Å². The minimum Gasteiger partial charge on any atom is -0.493 e. The number of nitrogens with zero attached hydrogens (tertiary/aromatic N) is 2. The fourth-order valence-electron chi connectivity index (χ4n) is 5.43. The summed E-state index contributed by atoms with van der Waals surface area (Å²) < 4.78 is 11.1. The Morgan fingerprint density at radius 1 is 1.11 bits per heavy atom. The number of aromatic amines is 1. The molecule has 9 nitrogen and oxygen atoms in total. The average Bonchev–Trinajstić information content (AvgIpc) is 3.64. The maximum Gasteiger partial charge on any atom is 0.255 e.